The third kappa shape index (κ3) is 3.61. The van der Waals surface area contributed by atoms with Crippen molar-refractivity contribution < 1.29 is 19.3 Å². The molecule has 0 atom stereocenters. The number of benzene rings is 1. The molecular formula is C13H11N4O6+. The highest BCUT2D eigenvalue weighted by Gasteiger charge is 2.30. The number of rotatable bonds is 6. The van der Waals surface area contributed by atoms with E-state index in [9.17, 15) is 30.3 Å². The first kappa shape index (κ1) is 15.9. The fourth-order valence-electron chi connectivity index (χ4n) is 2.14. The highest BCUT2D eigenvalue weighted by molar-refractivity contribution is 5.60. The molecule has 1 aromatic carbocycles. The topological polar surface area (TPSA) is 133 Å². The summed E-state index contributed by atoms with van der Waals surface area (Å²) in [5, 5.41) is 33.1. The number of hydrogen-bond donors (Lipinski definition) is 0. The quantitative estimate of drug-likeness (QED) is 0.454. The maximum atomic E-state index is 11.1. The Labute approximate surface area is 129 Å². The van der Waals surface area contributed by atoms with Gasteiger partial charge in [0.1, 0.15) is 5.56 Å². The van der Waals surface area contributed by atoms with E-state index in [1.807, 2.05) is 0 Å². The van der Waals surface area contributed by atoms with Gasteiger partial charge in [-0.05, 0) is 0 Å². The van der Waals surface area contributed by atoms with Crippen LogP contribution < -0.4 is 4.57 Å². The smallest absolute Gasteiger partial charge is 0.258 e. The molecule has 1 heterocycles. The molecule has 10 heteroatoms. The number of nitro groups is 3. The zero-order valence-corrected chi connectivity index (χ0v) is 11.7. The fraction of sp³-hybridized carbons (Fsp3) is 0.154. The molecule has 0 aliphatic rings. The first-order valence-electron chi connectivity index (χ1n) is 6.44. The van der Waals surface area contributed by atoms with Gasteiger partial charge in [0.2, 0.25) is 0 Å². The van der Waals surface area contributed by atoms with Gasteiger partial charge in [0, 0.05) is 18.6 Å². The summed E-state index contributed by atoms with van der Waals surface area (Å²) in [6.45, 7) is 0.264. The Morgan fingerprint density at radius 2 is 1.35 bits per heavy atom. The summed E-state index contributed by atoms with van der Waals surface area (Å²) < 4.78 is 1.70. The zero-order valence-electron chi connectivity index (χ0n) is 11.7. The summed E-state index contributed by atoms with van der Waals surface area (Å²) >= 11 is 0. The average molecular weight is 319 g/mol. The van der Waals surface area contributed by atoms with Crippen molar-refractivity contribution in [1.82, 2.24) is 0 Å². The fourth-order valence-corrected chi connectivity index (χ4v) is 2.14. The van der Waals surface area contributed by atoms with Gasteiger partial charge >= 0.3 is 0 Å². The molecule has 0 saturated heterocycles. The summed E-state index contributed by atoms with van der Waals surface area (Å²) in [5.41, 5.74) is -2.06. The molecule has 0 spiro atoms. The molecule has 2 rings (SSSR count). The lowest BCUT2D eigenvalue weighted by molar-refractivity contribution is -0.696. The van der Waals surface area contributed by atoms with Gasteiger partial charge in [-0.1, -0.05) is 6.07 Å². The normalized spacial score (nSPS) is 10.3. The van der Waals surface area contributed by atoms with Gasteiger partial charge in [-0.2, -0.15) is 0 Å². The third-order valence-corrected chi connectivity index (χ3v) is 3.19. The molecule has 0 radical (unpaired) electrons. The van der Waals surface area contributed by atoms with Crippen molar-refractivity contribution in [2.75, 3.05) is 0 Å². The molecule has 23 heavy (non-hydrogen) atoms. The van der Waals surface area contributed by atoms with Crippen molar-refractivity contribution >= 4 is 17.1 Å². The van der Waals surface area contributed by atoms with Gasteiger partial charge in [0.25, 0.3) is 17.1 Å². The minimum Gasteiger partial charge on any atom is -0.258 e. The first-order chi connectivity index (χ1) is 10.9. The molecule has 0 fully saturated rings. The number of non-ortho nitro benzene ring substituents is 1. The molecule has 0 N–H and O–H groups in total. The summed E-state index contributed by atoms with van der Waals surface area (Å²) in [7, 11) is 0. The highest BCUT2D eigenvalue weighted by Crippen LogP contribution is 2.33. The van der Waals surface area contributed by atoms with Crippen LogP contribution in [-0.2, 0) is 13.0 Å². The van der Waals surface area contributed by atoms with Gasteiger partial charge in [-0.3, -0.25) is 30.3 Å². The van der Waals surface area contributed by atoms with Crippen LogP contribution in [0.15, 0.2) is 42.7 Å². The first-order valence-corrected chi connectivity index (χ1v) is 6.44. The molecule has 0 aliphatic heterocycles. The third-order valence-electron chi connectivity index (χ3n) is 3.19. The van der Waals surface area contributed by atoms with E-state index in [1.165, 1.54) is 0 Å². The van der Waals surface area contributed by atoms with Crippen LogP contribution >= 0.6 is 0 Å². The van der Waals surface area contributed by atoms with E-state index in [2.05, 4.69) is 0 Å². The Morgan fingerprint density at radius 3 is 1.78 bits per heavy atom. The number of nitrogens with zero attached hydrogens (tertiary/aromatic N) is 4. The Kier molecular flexibility index (Phi) is 4.55. The van der Waals surface area contributed by atoms with Crippen molar-refractivity contribution in [2.24, 2.45) is 0 Å². The molecule has 118 valence electrons. The molecule has 0 aliphatic carbocycles. The second-order valence-electron chi connectivity index (χ2n) is 4.60. The van der Waals surface area contributed by atoms with Crippen LogP contribution in [0.2, 0.25) is 0 Å². The summed E-state index contributed by atoms with van der Waals surface area (Å²) in [6, 6.07) is 6.78. The van der Waals surface area contributed by atoms with E-state index in [4.69, 9.17) is 0 Å². The minimum atomic E-state index is -0.893. The van der Waals surface area contributed by atoms with E-state index in [0.29, 0.717) is 0 Å². The Hall–Kier alpha value is -3.43. The van der Waals surface area contributed by atoms with E-state index >= 15 is 0 Å². The second-order valence-corrected chi connectivity index (χ2v) is 4.60. The van der Waals surface area contributed by atoms with E-state index in [0.717, 1.165) is 12.1 Å². The second kappa shape index (κ2) is 6.56. The summed E-state index contributed by atoms with van der Waals surface area (Å²) in [6.07, 6.45) is 3.42. The van der Waals surface area contributed by atoms with Gasteiger partial charge in [0.15, 0.2) is 18.9 Å². The predicted molar refractivity (Wildman–Crippen MR) is 76.7 cm³/mol. The van der Waals surface area contributed by atoms with Crippen molar-refractivity contribution in [3.8, 4) is 0 Å². The van der Waals surface area contributed by atoms with Crippen LogP contribution in [-0.4, -0.2) is 14.8 Å². The standard InChI is InChI=1S/C13H11N4O6/c18-15(19)10-8-12(16(20)21)11(13(9-10)17(22)23)4-7-14-5-2-1-3-6-14/h1-3,5-6,8-9H,4,7H2/q+1. The van der Waals surface area contributed by atoms with E-state index in [1.54, 1.807) is 35.2 Å². The lowest BCUT2D eigenvalue weighted by Gasteiger charge is -2.03. The number of aryl methyl sites for hydroxylation is 1. The van der Waals surface area contributed by atoms with Crippen molar-refractivity contribution in [1.29, 1.82) is 0 Å². The Morgan fingerprint density at radius 1 is 0.826 bits per heavy atom. The van der Waals surface area contributed by atoms with E-state index < -0.39 is 31.8 Å². The van der Waals surface area contributed by atoms with Crippen LogP contribution in [0.4, 0.5) is 17.1 Å². The maximum Gasteiger partial charge on any atom is 0.286 e. The van der Waals surface area contributed by atoms with Crippen LogP contribution in [0.3, 0.4) is 0 Å². The number of hydrogen-bond acceptors (Lipinski definition) is 6. The van der Waals surface area contributed by atoms with Crippen molar-refractivity contribution in [3.63, 3.8) is 0 Å². The molecule has 0 saturated carbocycles. The lowest BCUT2D eigenvalue weighted by atomic mass is 10.1. The number of aromatic nitrogens is 1. The van der Waals surface area contributed by atoms with Crippen LogP contribution in [0.25, 0.3) is 0 Å². The molecule has 0 amide bonds. The summed E-state index contributed by atoms with van der Waals surface area (Å²) in [4.78, 5) is 30.5. The molecule has 0 bridgehead atoms. The Balaban J connectivity index is 2.48. The van der Waals surface area contributed by atoms with Crippen molar-refractivity contribution in [3.05, 3.63) is 78.6 Å². The van der Waals surface area contributed by atoms with Gasteiger partial charge in [-0.15, -0.1) is 0 Å². The average Bonchev–Trinajstić information content (AvgIpc) is 2.52. The maximum absolute atomic E-state index is 11.1. The van der Waals surface area contributed by atoms with Gasteiger partial charge < -0.3 is 0 Å². The predicted octanol–water partition coefficient (Wildman–Crippen LogP) is 1.94. The van der Waals surface area contributed by atoms with Crippen molar-refractivity contribution in [2.45, 2.75) is 13.0 Å². The number of nitro benzene ring substituents is 3. The monoisotopic (exact) mass is 319 g/mol. The SMILES string of the molecule is O=[N+]([O-])c1cc([N+](=O)[O-])c(CC[n+]2ccccc2)c([N+](=O)[O-])c1. The highest BCUT2D eigenvalue weighted by atomic mass is 16.6. The number of pyridine rings is 1. The molecular weight excluding hydrogens is 308 g/mol. The minimum absolute atomic E-state index is 0.000693. The molecule has 10 nitrogen and oxygen atoms in total. The summed E-state index contributed by atoms with van der Waals surface area (Å²) in [5.74, 6) is 0. The van der Waals surface area contributed by atoms with E-state index in [-0.39, 0.29) is 18.5 Å². The molecule has 1 aromatic heterocycles. The largest absolute Gasteiger partial charge is 0.286 e. The van der Waals surface area contributed by atoms with Gasteiger partial charge in [-0.25, -0.2) is 4.57 Å². The lowest BCUT2D eigenvalue weighted by Crippen LogP contribution is -2.33. The van der Waals surface area contributed by atoms with Crippen LogP contribution in [0.1, 0.15) is 5.56 Å². The van der Waals surface area contributed by atoms with Crippen LogP contribution in [0.5, 0.6) is 0 Å². The zero-order chi connectivity index (χ0) is 17.0. The Bertz CT molecular complexity index is 742. The van der Waals surface area contributed by atoms with Gasteiger partial charge in [0.05, 0.1) is 26.9 Å². The van der Waals surface area contributed by atoms with Crippen LogP contribution in [0, 0.1) is 30.3 Å². The molecule has 0 unspecified atom stereocenters. The molecule has 2 aromatic rings.